The fourth-order valence-corrected chi connectivity index (χ4v) is 0.871. The summed E-state index contributed by atoms with van der Waals surface area (Å²) in [6, 6.07) is 0. The van der Waals surface area contributed by atoms with E-state index in [1.807, 2.05) is 0 Å². The summed E-state index contributed by atoms with van der Waals surface area (Å²) in [6.45, 7) is 0.397. The van der Waals surface area contributed by atoms with Gasteiger partial charge in [0, 0.05) is 18.1 Å². The number of amides is 1. The number of hydrogen-bond acceptors (Lipinski definition) is 3. The predicted molar refractivity (Wildman–Crippen MR) is 39.4 cm³/mol. The maximum atomic E-state index is 9.84. The molecule has 0 unspecified atom stereocenters. The highest BCUT2D eigenvalue weighted by atomic mass is 32.2. The van der Waals surface area contributed by atoms with E-state index in [9.17, 15) is 9.59 Å². The molecule has 5 heteroatoms. The lowest BCUT2D eigenvalue weighted by molar-refractivity contribution is -0.105. The third-order valence-electron chi connectivity index (χ3n) is 0.709. The molecule has 10 heavy (non-hydrogen) atoms. The molecule has 4 nitrogen and oxygen atoms in total. The SMILES string of the molecule is O=CCSCCNC(=O)O. The number of nitrogens with one attached hydrogen (secondary N) is 1. The van der Waals surface area contributed by atoms with Gasteiger partial charge < -0.3 is 15.2 Å². The van der Waals surface area contributed by atoms with Gasteiger partial charge in [0.2, 0.25) is 0 Å². The molecule has 0 aliphatic carbocycles. The highest BCUT2D eigenvalue weighted by molar-refractivity contribution is 7.99. The number of carbonyl (C=O) groups is 2. The Kier molecular flexibility index (Phi) is 5.96. The van der Waals surface area contributed by atoms with Crippen molar-refractivity contribution in [3.63, 3.8) is 0 Å². The monoisotopic (exact) mass is 163 g/mol. The van der Waals surface area contributed by atoms with Crippen LogP contribution in [0.3, 0.4) is 0 Å². The van der Waals surface area contributed by atoms with E-state index in [0.29, 0.717) is 18.1 Å². The van der Waals surface area contributed by atoms with Crippen molar-refractivity contribution in [3.8, 4) is 0 Å². The molecule has 58 valence electrons. The lowest BCUT2D eigenvalue weighted by Crippen LogP contribution is -2.23. The van der Waals surface area contributed by atoms with E-state index in [-0.39, 0.29) is 0 Å². The number of aldehydes is 1. The highest BCUT2D eigenvalue weighted by Crippen LogP contribution is 1.93. The Morgan fingerprint density at radius 1 is 1.70 bits per heavy atom. The topological polar surface area (TPSA) is 66.4 Å². The van der Waals surface area contributed by atoms with Gasteiger partial charge in [0.1, 0.15) is 6.29 Å². The molecule has 0 rings (SSSR count). The van der Waals surface area contributed by atoms with Gasteiger partial charge in [-0.15, -0.1) is 0 Å². The summed E-state index contributed by atoms with van der Waals surface area (Å²) in [5, 5.41) is 10.3. The summed E-state index contributed by atoms with van der Waals surface area (Å²) >= 11 is 1.40. The molecule has 0 radical (unpaired) electrons. The van der Waals surface area contributed by atoms with Crippen molar-refractivity contribution in [2.24, 2.45) is 0 Å². The fourth-order valence-electron chi connectivity index (χ4n) is 0.362. The molecule has 0 aromatic rings. The van der Waals surface area contributed by atoms with E-state index < -0.39 is 6.09 Å². The first kappa shape index (κ1) is 9.29. The van der Waals surface area contributed by atoms with Crippen LogP contribution in [0.15, 0.2) is 0 Å². The fraction of sp³-hybridized carbons (Fsp3) is 0.600. The number of rotatable bonds is 5. The maximum Gasteiger partial charge on any atom is 0.404 e. The standard InChI is InChI=1S/C5H9NO3S/c7-2-4-10-3-1-6-5(8)9/h2,6H,1,3-4H2,(H,8,9). The van der Waals surface area contributed by atoms with E-state index in [2.05, 4.69) is 5.32 Å². The summed E-state index contributed by atoms with van der Waals surface area (Å²) in [5.41, 5.74) is 0. The number of carboxylic acid groups (broad SMARTS) is 1. The average Bonchev–Trinajstić information content (AvgIpc) is 1.87. The van der Waals surface area contributed by atoms with Crippen molar-refractivity contribution in [3.05, 3.63) is 0 Å². The Labute approximate surface area is 63.0 Å². The molecule has 0 aliphatic rings. The minimum atomic E-state index is -1.02. The molecule has 0 spiro atoms. The average molecular weight is 163 g/mol. The van der Waals surface area contributed by atoms with Crippen LogP contribution in [0.2, 0.25) is 0 Å². The minimum Gasteiger partial charge on any atom is -0.465 e. The van der Waals surface area contributed by atoms with E-state index in [4.69, 9.17) is 5.11 Å². The summed E-state index contributed by atoms with van der Waals surface area (Å²) in [4.78, 5) is 19.6. The highest BCUT2D eigenvalue weighted by Gasteiger charge is 1.91. The molecule has 0 aromatic heterocycles. The third-order valence-corrected chi connectivity index (χ3v) is 1.57. The van der Waals surface area contributed by atoms with Crippen LogP contribution in [0, 0.1) is 0 Å². The van der Waals surface area contributed by atoms with Gasteiger partial charge in [-0.3, -0.25) is 0 Å². The first-order valence-corrected chi connectivity index (χ1v) is 3.91. The zero-order chi connectivity index (χ0) is 7.82. The predicted octanol–water partition coefficient (Wildman–Crippen LogP) is 0.186. The Bertz CT molecular complexity index is 117. The maximum absolute atomic E-state index is 9.84. The van der Waals surface area contributed by atoms with Gasteiger partial charge in [-0.2, -0.15) is 11.8 Å². The summed E-state index contributed by atoms with van der Waals surface area (Å²) in [6.07, 6.45) is -0.225. The van der Waals surface area contributed by atoms with E-state index in [1.54, 1.807) is 0 Å². The molecule has 0 heterocycles. The first-order chi connectivity index (χ1) is 4.77. The van der Waals surface area contributed by atoms with Crippen LogP contribution in [-0.4, -0.2) is 35.5 Å². The van der Waals surface area contributed by atoms with Crippen molar-refractivity contribution >= 4 is 24.1 Å². The van der Waals surface area contributed by atoms with Crippen molar-refractivity contribution < 1.29 is 14.7 Å². The van der Waals surface area contributed by atoms with Gasteiger partial charge in [0.15, 0.2) is 0 Å². The van der Waals surface area contributed by atoms with Crippen LogP contribution in [0.4, 0.5) is 4.79 Å². The lowest BCUT2D eigenvalue weighted by Gasteiger charge is -1.96. The Morgan fingerprint density at radius 2 is 2.40 bits per heavy atom. The van der Waals surface area contributed by atoms with E-state index in [0.717, 1.165) is 6.29 Å². The molecule has 2 N–H and O–H groups in total. The molecule has 0 aromatic carbocycles. The van der Waals surface area contributed by atoms with Gasteiger partial charge in [0.05, 0.1) is 0 Å². The van der Waals surface area contributed by atoms with Crippen LogP contribution in [0.1, 0.15) is 0 Å². The van der Waals surface area contributed by atoms with Gasteiger partial charge in [-0.05, 0) is 0 Å². The van der Waals surface area contributed by atoms with Gasteiger partial charge >= 0.3 is 6.09 Å². The molecule has 0 saturated heterocycles. The molecule has 0 fully saturated rings. The quantitative estimate of drug-likeness (QED) is 0.448. The smallest absolute Gasteiger partial charge is 0.404 e. The van der Waals surface area contributed by atoms with Crippen molar-refractivity contribution in [1.29, 1.82) is 0 Å². The minimum absolute atomic E-state index is 0.397. The Hall–Kier alpha value is -0.710. The zero-order valence-electron chi connectivity index (χ0n) is 5.37. The lowest BCUT2D eigenvalue weighted by atomic mass is 10.7. The molecule has 0 bridgehead atoms. The molecule has 0 atom stereocenters. The van der Waals surface area contributed by atoms with E-state index in [1.165, 1.54) is 11.8 Å². The van der Waals surface area contributed by atoms with Crippen LogP contribution >= 0.6 is 11.8 Å². The van der Waals surface area contributed by atoms with Crippen LogP contribution in [0.5, 0.6) is 0 Å². The normalized spacial score (nSPS) is 8.80. The van der Waals surface area contributed by atoms with Gasteiger partial charge in [0.25, 0.3) is 0 Å². The summed E-state index contributed by atoms with van der Waals surface area (Å²) in [5.74, 6) is 1.08. The molecule has 1 amide bonds. The van der Waals surface area contributed by atoms with Crippen molar-refractivity contribution in [2.45, 2.75) is 0 Å². The number of carbonyl (C=O) groups excluding carboxylic acids is 1. The van der Waals surface area contributed by atoms with Gasteiger partial charge in [-0.25, -0.2) is 4.79 Å². The zero-order valence-corrected chi connectivity index (χ0v) is 6.19. The van der Waals surface area contributed by atoms with Gasteiger partial charge in [-0.1, -0.05) is 0 Å². The number of thioether (sulfide) groups is 1. The van der Waals surface area contributed by atoms with Crippen LogP contribution in [-0.2, 0) is 4.79 Å². The second kappa shape index (κ2) is 6.41. The molecule has 0 aliphatic heterocycles. The van der Waals surface area contributed by atoms with E-state index >= 15 is 0 Å². The first-order valence-electron chi connectivity index (χ1n) is 2.75. The van der Waals surface area contributed by atoms with Crippen LogP contribution in [0.25, 0.3) is 0 Å². The van der Waals surface area contributed by atoms with Crippen LogP contribution < -0.4 is 5.32 Å². The van der Waals surface area contributed by atoms with Crippen molar-refractivity contribution in [2.75, 3.05) is 18.1 Å². The second-order valence-electron chi connectivity index (χ2n) is 1.47. The number of hydrogen-bond donors (Lipinski definition) is 2. The summed E-state index contributed by atoms with van der Waals surface area (Å²) < 4.78 is 0. The third kappa shape index (κ3) is 7.29. The summed E-state index contributed by atoms with van der Waals surface area (Å²) in [7, 11) is 0. The van der Waals surface area contributed by atoms with Crippen molar-refractivity contribution in [1.82, 2.24) is 5.32 Å². The largest absolute Gasteiger partial charge is 0.465 e. The molecular weight excluding hydrogens is 154 g/mol. The Balaban J connectivity index is 2.90. The second-order valence-corrected chi connectivity index (χ2v) is 2.62. The molecular formula is C5H9NO3S. The Morgan fingerprint density at radius 3 is 2.90 bits per heavy atom. The molecule has 0 saturated carbocycles.